The normalized spacial score (nSPS) is 10.6. The van der Waals surface area contributed by atoms with Gasteiger partial charge in [0.15, 0.2) is 18.1 Å². The van der Waals surface area contributed by atoms with Crippen LogP contribution in [0.25, 0.3) is 16.4 Å². The summed E-state index contributed by atoms with van der Waals surface area (Å²) in [5, 5.41) is 9.96. The second-order valence-electron chi connectivity index (χ2n) is 6.45. The SMILES string of the molecule is COc1ccccc1OCC(=O)Nc1cc(C)nn1-c1nc(-c2ccccc2)cs1. The molecule has 0 atom stereocenters. The van der Waals surface area contributed by atoms with E-state index in [9.17, 15) is 4.79 Å². The lowest BCUT2D eigenvalue weighted by Crippen LogP contribution is -2.22. The molecule has 4 rings (SSSR count). The van der Waals surface area contributed by atoms with Gasteiger partial charge in [-0.3, -0.25) is 4.79 Å². The Kier molecular flexibility index (Phi) is 5.76. The molecule has 0 saturated carbocycles. The molecule has 152 valence electrons. The minimum absolute atomic E-state index is 0.155. The predicted molar refractivity (Wildman–Crippen MR) is 117 cm³/mol. The van der Waals surface area contributed by atoms with Gasteiger partial charge in [-0.1, -0.05) is 42.5 Å². The Morgan fingerprint density at radius 2 is 1.83 bits per heavy atom. The molecule has 1 N–H and O–H groups in total. The number of thiazole rings is 1. The van der Waals surface area contributed by atoms with E-state index < -0.39 is 0 Å². The molecule has 8 heteroatoms. The highest BCUT2D eigenvalue weighted by molar-refractivity contribution is 7.12. The number of para-hydroxylation sites is 2. The van der Waals surface area contributed by atoms with E-state index in [2.05, 4.69) is 15.4 Å². The fourth-order valence-electron chi connectivity index (χ4n) is 2.90. The highest BCUT2D eigenvalue weighted by Gasteiger charge is 2.15. The number of carbonyl (C=O) groups excluding carboxylic acids is 1. The van der Waals surface area contributed by atoms with E-state index in [0.29, 0.717) is 22.4 Å². The quantitative estimate of drug-likeness (QED) is 0.481. The van der Waals surface area contributed by atoms with Crippen molar-refractivity contribution in [3.05, 3.63) is 71.7 Å². The highest BCUT2D eigenvalue weighted by atomic mass is 32.1. The number of amides is 1. The van der Waals surface area contributed by atoms with Crippen LogP contribution in [0.15, 0.2) is 66.0 Å². The Balaban J connectivity index is 1.48. The second kappa shape index (κ2) is 8.79. The Bertz CT molecular complexity index is 1150. The average Bonchev–Trinajstić information content (AvgIpc) is 3.39. The van der Waals surface area contributed by atoms with Gasteiger partial charge in [0.1, 0.15) is 5.82 Å². The molecule has 0 aliphatic carbocycles. The van der Waals surface area contributed by atoms with Gasteiger partial charge in [-0.15, -0.1) is 11.3 Å². The molecular formula is C22H20N4O3S. The Morgan fingerprint density at radius 3 is 2.60 bits per heavy atom. The van der Waals surface area contributed by atoms with Crippen molar-refractivity contribution in [1.82, 2.24) is 14.8 Å². The van der Waals surface area contributed by atoms with Gasteiger partial charge in [0.25, 0.3) is 5.91 Å². The number of ether oxygens (including phenoxy) is 2. The van der Waals surface area contributed by atoms with Crippen LogP contribution in [-0.2, 0) is 4.79 Å². The number of anilines is 1. The molecule has 0 spiro atoms. The van der Waals surface area contributed by atoms with E-state index in [1.54, 1.807) is 30.0 Å². The summed E-state index contributed by atoms with van der Waals surface area (Å²) < 4.78 is 12.5. The van der Waals surface area contributed by atoms with Gasteiger partial charge < -0.3 is 14.8 Å². The van der Waals surface area contributed by atoms with Crippen molar-refractivity contribution >= 4 is 23.1 Å². The summed E-state index contributed by atoms with van der Waals surface area (Å²) in [6.07, 6.45) is 0. The molecule has 2 aromatic carbocycles. The number of hydrogen-bond donors (Lipinski definition) is 1. The summed E-state index contributed by atoms with van der Waals surface area (Å²) in [6.45, 7) is 1.71. The Hall–Kier alpha value is -3.65. The monoisotopic (exact) mass is 420 g/mol. The first-order chi connectivity index (χ1) is 14.6. The number of nitrogens with one attached hydrogen (secondary N) is 1. The number of aryl methyl sites for hydroxylation is 1. The molecule has 0 bridgehead atoms. The second-order valence-corrected chi connectivity index (χ2v) is 7.29. The fourth-order valence-corrected chi connectivity index (χ4v) is 3.69. The number of rotatable bonds is 7. The molecule has 0 aliphatic rings. The topological polar surface area (TPSA) is 78.3 Å². The van der Waals surface area contributed by atoms with Gasteiger partial charge in [0.2, 0.25) is 5.13 Å². The highest BCUT2D eigenvalue weighted by Crippen LogP contribution is 2.27. The van der Waals surface area contributed by atoms with Crippen LogP contribution in [0.3, 0.4) is 0 Å². The maximum absolute atomic E-state index is 12.5. The third kappa shape index (κ3) is 4.33. The van der Waals surface area contributed by atoms with E-state index in [1.807, 2.05) is 54.8 Å². The van der Waals surface area contributed by atoms with Crippen molar-refractivity contribution in [2.45, 2.75) is 6.92 Å². The van der Waals surface area contributed by atoms with Crippen molar-refractivity contribution in [1.29, 1.82) is 0 Å². The predicted octanol–water partition coefficient (Wildman–Crippen LogP) is 4.33. The van der Waals surface area contributed by atoms with Gasteiger partial charge in [-0.05, 0) is 19.1 Å². The lowest BCUT2D eigenvalue weighted by atomic mass is 10.2. The molecular weight excluding hydrogens is 400 g/mol. The minimum Gasteiger partial charge on any atom is -0.493 e. The number of benzene rings is 2. The molecule has 4 aromatic rings. The van der Waals surface area contributed by atoms with Crippen LogP contribution >= 0.6 is 11.3 Å². The first-order valence-corrected chi connectivity index (χ1v) is 10.2. The molecule has 0 unspecified atom stereocenters. The first kappa shape index (κ1) is 19.7. The average molecular weight is 420 g/mol. The first-order valence-electron chi connectivity index (χ1n) is 9.27. The lowest BCUT2D eigenvalue weighted by molar-refractivity contribution is -0.118. The van der Waals surface area contributed by atoms with Crippen molar-refractivity contribution < 1.29 is 14.3 Å². The Labute approximate surface area is 177 Å². The van der Waals surface area contributed by atoms with Crippen LogP contribution < -0.4 is 14.8 Å². The van der Waals surface area contributed by atoms with E-state index in [4.69, 9.17) is 9.47 Å². The van der Waals surface area contributed by atoms with Crippen LogP contribution in [-0.4, -0.2) is 34.4 Å². The molecule has 30 heavy (non-hydrogen) atoms. The van der Waals surface area contributed by atoms with Gasteiger partial charge in [0, 0.05) is 17.0 Å². The van der Waals surface area contributed by atoms with Gasteiger partial charge in [-0.2, -0.15) is 9.78 Å². The van der Waals surface area contributed by atoms with Crippen LogP contribution in [0.5, 0.6) is 11.5 Å². The summed E-state index contributed by atoms with van der Waals surface area (Å²) in [5.74, 6) is 1.31. The number of aromatic nitrogens is 3. The molecule has 2 heterocycles. The summed E-state index contributed by atoms with van der Waals surface area (Å²) in [5.41, 5.74) is 2.66. The number of methoxy groups -OCH3 is 1. The van der Waals surface area contributed by atoms with Crippen LogP contribution in [0.1, 0.15) is 5.69 Å². The summed E-state index contributed by atoms with van der Waals surface area (Å²) in [7, 11) is 1.56. The zero-order valence-corrected chi connectivity index (χ0v) is 17.3. The smallest absolute Gasteiger partial charge is 0.263 e. The molecule has 0 fully saturated rings. The number of carbonyl (C=O) groups is 1. The maximum Gasteiger partial charge on any atom is 0.263 e. The fraction of sp³-hybridized carbons (Fsp3) is 0.136. The van der Waals surface area contributed by atoms with Crippen LogP contribution in [0.2, 0.25) is 0 Å². The maximum atomic E-state index is 12.5. The standard InChI is InChI=1S/C22H20N4O3S/c1-15-12-20(24-21(27)13-29-19-11-7-6-10-18(19)28-2)26(25-15)22-23-17(14-30-22)16-8-4-3-5-9-16/h3-12,14H,13H2,1-2H3,(H,24,27). The van der Waals surface area contributed by atoms with E-state index in [1.165, 1.54) is 11.3 Å². The minimum atomic E-state index is -0.304. The summed E-state index contributed by atoms with van der Waals surface area (Å²) in [6, 6.07) is 18.9. The molecule has 2 aromatic heterocycles. The Morgan fingerprint density at radius 1 is 1.10 bits per heavy atom. The van der Waals surface area contributed by atoms with Crippen molar-refractivity contribution in [3.63, 3.8) is 0 Å². The zero-order chi connectivity index (χ0) is 20.9. The lowest BCUT2D eigenvalue weighted by Gasteiger charge is -2.10. The van der Waals surface area contributed by atoms with E-state index in [0.717, 1.165) is 17.0 Å². The van der Waals surface area contributed by atoms with Crippen molar-refractivity contribution in [2.24, 2.45) is 0 Å². The molecule has 0 aliphatic heterocycles. The molecule has 0 saturated heterocycles. The van der Waals surface area contributed by atoms with Crippen molar-refractivity contribution in [3.8, 4) is 27.9 Å². The molecule has 0 radical (unpaired) electrons. The van der Waals surface area contributed by atoms with Gasteiger partial charge in [-0.25, -0.2) is 4.98 Å². The number of hydrogen-bond acceptors (Lipinski definition) is 6. The number of nitrogens with zero attached hydrogens (tertiary/aromatic N) is 3. The largest absolute Gasteiger partial charge is 0.493 e. The molecule has 1 amide bonds. The van der Waals surface area contributed by atoms with Gasteiger partial charge in [0.05, 0.1) is 18.5 Å². The van der Waals surface area contributed by atoms with Gasteiger partial charge >= 0.3 is 0 Å². The van der Waals surface area contributed by atoms with E-state index >= 15 is 0 Å². The zero-order valence-electron chi connectivity index (χ0n) is 16.5. The van der Waals surface area contributed by atoms with Crippen molar-refractivity contribution in [2.75, 3.05) is 19.0 Å². The molecule has 7 nitrogen and oxygen atoms in total. The summed E-state index contributed by atoms with van der Waals surface area (Å²) >= 11 is 1.46. The third-order valence-corrected chi connectivity index (χ3v) is 5.09. The van der Waals surface area contributed by atoms with E-state index in [-0.39, 0.29) is 12.5 Å². The third-order valence-electron chi connectivity index (χ3n) is 4.27. The summed E-state index contributed by atoms with van der Waals surface area (Å²) in [4.78, 5) is 17.1. The van der Waals surface area contributed by atoms with Crippen LogP contribution in [0, 0.1) is 6.92 Å². The van der Waals surface area contributed by atoms with Crippen LogP contribution in [0.4, 0.5) is 5.82 Å².